The van der Waals surface area contributed by atoms with E-state index >= 15 is 0 Å². The number of carboxylic acids is 1. The van der Waals surface area contributed by atoms with Gasteiger partial charge in [-0.25, -0.2) is 9.18 Å². The van der Waals surface area contributed by atoms with Gasteiger partial charge in [-0.05, 0) is 48.6 Å². The minimum absolute atomic E-state index is 0.0467. The zero-order valence-corrected chi connectivity index (χ0v) is 18.8. The molecular formula is C24H22F4N4O3. The van der Waals surface area contributed by atoms with Crippen molar-refractivity contribution >= 4 is 29.7 Å². The van der Waals surface area contributed by atoms with Crippen LogP contribution in [0.1, 0.15) is 27.3 Å². The molecule has 3 N–H and O–H groups in total. The lowest BCUT2D eigenvalue weighted by atomic mass is 10.1. The van der Waals surface area contributed by atoms with Crippen molar-refractivity contribution in [3.8, 4) is 11.3 Å². The molecule has 1 amide bonds. The van der Waals surface area contributed by atoms with Crippen molar-refractivity contribution in [1.82, 2.24) is 15.3 Å². The summed E-state index contributed by atoms with van der Waals surface area (Å²) in [4.78, 5) is 30.4. The Balaban J connectivity index is 0.000000429. The Bertz CT molecular complexity index is 1270. The molecular weight excluding hydrogens is 468 g/mol. The first kappa shape index (κ1) is 25.5. The Labute approximate surface area is 198 Å². The number of aromatic amines is 1. The number of H-pyrrole nitrogens is 1. The van der Waals surface area contributed by atoms with E-state index in [9.17, 15) is 22.4 Å². The highest BCUT2D eigenvalue weighted by atomic mass is 19.4. The summed E-state index contributed by atoms with van der Waals surface area (Å²) >= 11 is 0. The summed E-state index contributed by atoms with van der Waals surface area (Å²) in [6, 6.07) is 10.8. The summed E-state index contributed by atoms with van der Waals surface area (Å²) in [6.07, 6.45) is 0.919. The number of carbonyl (C=O) groups is 2. The summed E-state index contributed by atoms with van der Waals surface area (Å²) < 4.78 is 46.0. The average molecular weight is 490 g/mol. The number of fused-ring (bicyclic) bond motifs is 1. The number of nitrogens with zero attached hydrogens (tertiary/aromatic N) is 2. The van der Waals surface area contributed by atoms with Gasteiger partial charge in [-0.2, -0.15) is 13.2 Å². The minimum Gasteiger partial charge on any atom is -0.475 e. The van der Waals surface area contributed by atoms with E-state index in [-0.39, 0.29) is 11.7 Å². The van der Waals surface area contributed by atoms with Crippen LogP contribution in [-0.2, 0) is 11.2 Å². The molecule has 184 valence electrons. The van der Waals surface area contributed by atoms with Crippen LogP contribution in [0.15, 0.2) is 42.6 Å². The van der Waals surface area contributed by atoms with Crippen molar-refractivity contribution in [3.05, 3.63) is 70.9 Å². The van der Waals surface area contributed by atoms with Gasteiger partial charge in [-0.15, -0.1) is 0 Å². The summed E-state index contributed by atoms with van der Waals surface area (Å²) in [6.45, 7) is 0.647. The minimum atomic E-state index is -5.08. The van der Waals surface area contributed by atoms with Crippen LogP contribution in [0, 0.1) is 5.82 Å². The van der Waals surface area contributed by atoms with Gasteiger partial charge in [0.1, 0.15) is 5.82 Å². The number of hydrogen-bond donors (Lipinski definition) is 3. The third kappa shape index (κ3) is 6.46. The van der Waals surface area contributed by atoms with Crippen molar-refractivity contribution in [2.75, 3.05) is 25.5 Å². The Morgan fingerprint density at radius 2 is 1.86 bits per heavy atom. The van der Waals surface area contributed by atoms with E-state index in [2.05, 4.69) is 15.3 Å². The molecule has 3 heterocycles. The standard InChI is InChI=1S/C22H21FN4O.C2HF3O2/c1-27(2)17-6-4-14(19(23)12-17)3-5-16-11-15(7-9-24-16)21-13-18-20(26-21)8-10-25-22(18)28;3-2(4,5)1(6)7/h3-7,9,11-13,26H,8,10H2,1-2H3,(H,25,28);(H,6,7)/b5-3+;. The number of pyridine rings is 1. The lowest BCUT2D eigenvalue weighted by Gasteiger charge is -2.12. The second-order valence-corrected chi connectivity index (χ2v) is 7.79. The number of aromatic nitrogens is 2. The van der Waals surface area contributed by atoms with Crippen LogP contribution in [0.5, 0.6) is 0 Å². The zero-order chi connectivity index (χ0) is 25.8. The first-order valence-corrected chi connectivity index (χ1v) is 10.4. The summed E-state index contributed by atoms with van der Waals surface area (Å²) in [5, 5.41) is 9.97. The first-order valence-electron chi connectivity index (χ1n) is 10.4. The second kappa shape index (κ2) is 10.4. The number of halogens is 4. The Kier molecular flexibility index (Phi) is 7.58. The SMILES string of the molecule is CN(C)c1ccc(/C=C/c2cc(-c3cc4c([nH]3)CCNC4=O)ccn2)c(F)c1.O=C(O)C(F)(F)F. The van der Waals surface area contributed by atoms with Crippen LogP contribution in [0.25, 0.3) is 23.4 Å². The fraction of sp³-hybridized carbons (Fsp3) is 0.208. The molecule has 0 unspecified atom stereocenters. The summed E-state index contributed by atoms with van der Waals surface area (Å²) in [5.41, 5.74) is 5.49. The molecule has 1 aliphatic rings. The van der Waals surface area contributed by atoms with Crippen LogP contribution >= 0.6 is 0 Å². The molecule has 0 saturated carbocycles. The molecule has 0 fully saturated rings. The normalized spacial score (nSPS) is 13.0. The topological polar surface area (TPSA) is 98.3 Å². The third-order valence-electron chi connectivity index (χ3n) is 5.07. The summed E-state index contributed by atoms with van der Waals surface area (Å²) in [5.74, 6) is -3.08. The Hall–Kier alpha value is -4.15. The third-order valence-corrected chi connectivity index (χ3v) is 5.07. The van der Waals surface area contributed by atoms with E-state index in [1.165, 1.54) is 6.07 Å². The fourth-order valence-corrected chi connectivity index (χ4v) is 3.26. The van der Waals surface area contributed by atoms with Gasteiger partial charge < -0.3 is 20.3 Å². The molecule has 0 aliphatic carbocycles. The molecule has 11 heteroatoms. The number of alkyl halides is 3. The van der Waals surface area contributed by atoms with Gasteiger partial charge in [-0.1, -0.05) is 0 Å². The van der Waals surface area contributed by atoms with E-state index in [1.54, 1.807) is 24.4 Å². The molecule has 1 aliphatic heterocycles. The number of hydrogen-bond acceptors (Lipinski definition) is 4. The van der Waals surface area contributed by atoms with Crippen molar-refractivity contribution in [2.45, 2.75) is 12.6 Å². The first-order chi connectivity index (χ1) is 16.5. The largest absolute Gasteiger partial charge is 0.490 e. The number of carboxylic acid groups (broad SMARTS) is 1. The molecule has 35 heavy (non-hydrogen) atoms. The number of carbonyl (C=O) groups excluding carboxylic acids is 1. The lowest BCUT2D eigenvalue weighted by molar-refractivity contribution is -0.192. The van der Waals surface area contributed by atoms with Gasteiger partial charge in [0.25, 0.3) is 5.91 Å². The van der Waals surface area contributed by atoms with Gasteiger partial charge in [0.2, 0.25) is 0 Å². The van der Waals surface area contributed by atoms with Crippen LogP contribution < -0.4 is 10.2 Å². The highest BCUT2D eigenvalue weighted by Gasteiger charge is 2.38. The van der Waals surface area contributed by atoms with E-state index < -0.39 is 12.1 Å². The van der Waals surface area contributed by atoms with E-state index in [1.807, 2.05) is 43.3 Å². The number of anilines is 1. The molecule has 0 bridgehead atoms. The number of nitrogens with one attached hydrogen (secondary N) is 2. The number of aliphatic carboxylic acids is 1. The second-order valence-electron chi connectivity index (χ2n) is 7.79. The monoisotopic (exact) mass is 490 g/mol. The van der Waals surface area contributed by atoms with E-state index in [0.717, 1.165) is 29.1 Å². The van der Waals surface area contributed by atoms with Crippen molar-refractivity contribution in [1.29, 1.82) is 0 Å². The predicted octanol–water partition coefficient (Wildman–Crippen LogP) is 4.37. The van der Waals surface area contributed by atoms with Gasteiger partial charge in [0.15, 0.2) is 0 Å². The summed E-state index contributed by atoms with van der Waals surface area (Å²) in [7, 11) is 3.75. The highest BCUT2D eigenvalue weighted by molar-refractivity contribution is 5.97. The maximum absolute atomic E-state index is 14.3. The van der Waals surface area contributed by atoms with Crippen LogP contribution in [-0.4, -0.2) is 53.8 Å². The zero-order valence-electron chi connectivity index (χ0n) is 18.8. The molecule has 0 radical (unpaired) electrons. The molecule has 4 rings (SSSR count). The van der Waals surface area contributed by atoms with Crippen molar-refractivity contribution in [2.24, 2.45) is 0 Å². The Morgan fingerprint density at radius 3 is 2.46 bits per heavy atom. The van der Waals surface area contributed by atoms with Crippen LogP contribution in [0.3, 0.4) is 0 Å². The van der Waals surface area contributed by atoms with Crippen molar-refractivity contribution < 1.29 is 32.3 Å². The number of benzene rings is 1. The van der Waals surface area contributed by atoms with Gasteiger partial charge in [0.05, 0.1) is 11.3 Å². The molecule has 2 aromatic heterocycles. The lowest BCUT2D eigenvalue weighted by Crippen LogP contribution is -2.31. The fourth-order valence-electron chi connectivity index (χ4n) is 3.26. The van der Waals surface area contributed by atoms with Crippen LogP contribution in [0.4, 0.5) is 23.2 Å². The van der Waals surface area contributed by atoms with Gasteiger partial charge >= 0.3 is 12.1 Å². The Morgan fingerprint density at radius 1 is 1.14 bits per heavy atom. The molecule has 1 aromatic carbocycles. The molecule has 3 aromatic rings. The maximum atomic E-state index is 14.3. The molecule has 0 atom stereocenters. The number of amides is 1. The predicted molar refractivity (Wildman–Crippen MR) is 123 cm³/mol. The smallest absolute Gasteiger partial charge is 0.475 e. The maximum Gasteiger partial charge on any atom is 0.490 e. The van der Waals surface area contributed by atoms with Crippen LogP contribution in [0.2, 0.25) is 0 Å². The van der Waals surface area contributed by atoms with Gasteiger partial charge in [0, 0.05) is 61.5 Å². The molecule has 7 nitrogen and oxygen atoms in total. The van der Waals surface area contributed by atoms with Gasteiger partial charge in [-0.3, -0.25) is 9.78 Å². The number of rotatable bonds is 4. The molecule has 0 saturated heterocycles. The molecule has 0 spiro atoms. The average Bonchev–Trinajstić information content (AvgIpc) is 3.24. The highest BCUT2D eigenvalue weighted by Crippen LogP contribution is 2.25. The van der Waals surface area contributed by atoms with E-state index in [4.69, 9.17) is 9.90 Å². The van der Waals surface area contributed by atoms with Crippen molar-refractivity contribution in [3.63, 3.8) is 0 Å². The quantitative estimate of drug-likeness (QED) is 0.472. The van der Waals surface area contributed by atoms with E-state index in [0.29, 0.717) is 23.4 Å².